The zero-order chi connectivity index (χ0) is 14.4. The molecule has 6 nitrogen and oxygen atoms in total. The molecule has 0 fully saturated rings. The molecule has 0 radical (unpaired) electrons. The summed E-state index contributed by atoms with van der Waals surface area (Å²) in [6, 6.07) is 7.71. The molecule has 1 aromatic heterocycles. The van der Waals surface area contributed by atoms with Crippen molar-refractivity contribution in [2.75, 3.05) is 6.61 Å². The Bertz CT molecular complexity index is 563. The number of carbonyl (C=O) groups excluding carboxylic acids is 1. The van der Waals surface area contributed by atoms with Crippen LogP contribution in [0.3, 0.4) is 0 Å². The SMILES string of the molecule is CCc1ccc(OCC(=O)NCc2n[nH]c(C)n2)cc1. The van der Waals surface area contributed by atoms with Gasteiger partial charge in [-0.25, -0.2) is 4.98 Å². The quantitative estimate of drug-likeness (QED) is 0.833. The van der Waals surface area contributed by atoms with Crippen molar-refractivity contribution in [3.63, 3.8) is 0 Å². The highest BCUT2D eigenvalue weighted by Gasteiger charge is 2.05. The van der Waals surface area contributed by atoms with Gasteiger partial charge in [-0.2, -0.15) is 5.10 Å². The zero-order valence-corrected chi connectivity index (χ0v) is 11.6. The van der Waals surface area contributed by atoms with Gasteiger partial charge in [0.25, 0.3) is 5.91 Å². The Labute approximate surface area is 117 Å². The van der Waals surface area contributed by atoms with Crippen LogP contribution in [0.4, 0.5) is 0 Å². The molecule has 2 N–H and O–H groups in total. The minimum atomic E-state index is -0.202. The first-order chi connectivity index (χ1) is 9.67. The molecule has 1 aromatic carbocycles. The van der Waals surface area contributed by atoms with E-state index >= 15 is 0 Å². The maximum atomic E-state index is 11.6. The van der Waals surface area contributed by atoms with Gasteiger partial charge in [0.2, 0.25) is 0 Å². The summed E-state index contributed by atoms with van der Waals surface area (Å²) in [5.41, 5.74) is 1.24. The summed E-state index contributed by atoms with van der Waals surface area (Å²) < 4.78 is 5.40. The lowest BCUT2D eigenvalue weighted by molar-refractivity contribution is -0.123. The second kappa shape index (κ2) is 6.70. The van der Waals surface area contributed by atoms with Gasteiger partial charge in [0.05, 0.1) is 6.54 Å². The lowest BCUT2D eigenvalue weighted by Gasteiger charge is -2.06. The van der Waals surface area contributed by atoms with Gasteiger partial charge in [-0.15, -0.1) is 0 Å². The Hall–Kier alpha value is -2.37. The maximum Gasteiger partial charge on any atom is 0.258 e. The number of aromatic amines is 1. The summed E-state index contributed by atoms with van der Waals surface area (Å²) in [4.78, 5) is 15.7. The molecule has 0 saturated heterocycles. The van der Waals surface area contributed by atoms with Crippen LogP contribution in [-0.4, -0.2) is 27.7 Å². The number of ether oxygens (including phenoxy) is 1. The summed E-state index contributed by atoms with van der Waals surface area (Å²) in [5.74, 6) is 1.77. The number of H-pyrrole nitrogens is 1. The van der Waals surface area contributed by atoms with E-state index in [2.05, 4.69) is 27.4 Å². The van der Waals surface area contributed by atoms with Gasteiger partial charge >= 0.3 is 0 Å². The molecule has 0 spiro atoms. The monoisotopic (exact) mass is 274 g/mol. The van der Waals surface area contributed by atoms with Crippen LogP contribution in [0.2, 0.25) is 0 Å². The molecule has 2 aromatic rings. The van der Waals surface area contributed by atoms with E-state index in [1.807, 2.05) is 24.3 Å². The summed E-state index contributed by atoms with van der Waals surface area (Å²) in [7, 11) is 0. The number of nitrogens with one attached hydrogen (secondary N) is 2. The fourth-order valence-electron chi connectivity index (χ4n) is 1.67. The van der Waals surface area contributed by atoms with E-state index in [4.69, 9.17) is 4.74 Å². The van der Waals surface area contributed by atoms with E-state index < -0.39 is 0 Å². The summed E-state index contributed by atoms with van der Waals surface area (Å²) >= 11 is 0. The van der Waals surface area contributed by atoms with E-state index in [1.54, 1.807) is 6.92 Å². The largest absolute Gasteiger partial charge is 0.484 e. The third-order valence-electron chi connectivity index (χ3n) is 2.79. The first kappa shape index (κ1) is 14.0. The molecule has 6 heteroatoms. The standard InChI is InChI=1S/C14H18N4O2/c1-3-11-4-6-12(7-5-11)20-9-14(19)15-8-13-16-10(2)17-18-13/h4-7H,3,8-9H2,1-2H3,(H,15,19)(H,16,17,18). The molecule has 1 heterocycles. The average Bonchev–Trinajstić information content (AvgIpc) is 2.89. The van der Waals surface area contributed by atoms with Crippen molar-refractivity contribution in [3.8, 4) is 5.75 Å². The molecule has 1 amide bonds. The van der Waals surface area contributed by atoms with Crippen molar-refractivity contribution in [1.82, 2.24) is 20.5 Å². The lowest BCUT2D eigenvalue weighted by atomic mass is 10.2. The summed E-state index contributed by atoms with van der Waals surface area (Å²) in [6.07, 6.45) is 0.983. The first-order valence-electron chi connectivity index (χ1n) is 6.53. The maximum absolute atomic E-state index is 11.6. The van der Waals surface area contributed by atoms with Crippen LogP contribution in [0.25, 0.3) is 0 Å². The molecule has 2 rings (SSSR count). The number of rotatable bonds is 6. The fourth-order valence-corrected chi connectivity index (χ4v) is 1.67. The second-order valence-corrected chi connectivity index (χ2v) is 4.40. The van der Waals surface area contributed by atoms with Gasteiger partial charge in [0, 0.05) is 0 Å². The molecule has 0 bridgehead atoms. The minimum absolute atomic E-state index is 0.0190. The molecular formula is C14H18N4O2. The summed E-state index contributed by atoms with van der Waals surface area (Å²) in [6.45, 7) is 4.17. The van der Waals surface area contributed by atoms with E-state index in [9.17, 15) is 4.79 Å². The van der Waals surface area contributed by atoms with Crippen molar-refractivity contribution < 1.29 is 9.53 Å². The van der Waals surface area contributed by atoms with Crippen molar-refractivity contribution in [2.24, 2.45) is 0 Å². The highest BCUT2D eigenvalue weighted by molar-refractivity contribution is 5.77. The average molecular weight is 274 g/mol. The highest BCUT2D eigenvalue weighted by atomic mass is 16.5. The molecule has 0 saturated carbocycles. The van der Waals surface area contributed by atoms with Gasteiger partial charge in [-0.1, -0.05) is 19.1 Å². The molecule has 20 heavy (non-hydrogen) atoms. The Balaban J connectivity index is 1.74. The van der Waals surface area contributed by atoms with E-state index in [1.165, 1.54) is 5.56 Å². The summed E-state index contributed by atoms with van der Waals surface area (Å²) in [5, 5.41) is 9.35. The molecule has 0 unspecified atom stereocenters. The molecule has 0 aliphatic rings. The number of hydrogen-bond acceptors (Lipinski definition) is 4. The van der Waals surface area contributed by atoms with Crippen molar-refractivity contribution in [1.29, 1.82) is 0 Å². The molecule has 0 aliphatic heterocycles. The Morgan fingerprint density at radius 3 is 2.70 bits per heavy atom. The zero-order valence-electron chi connectivity index (χ0n) is 11.6. The van der Waals surface area contributed by atoms with Crippen LogP contribution in [-0.2, 0) is 17.8 Å². The van der Waals surface area contributed by atoms with Gasteiger partial charge in [0.15, 0.2) is 12.4 Å². The Morgan fingerprint density at radius 2 is 2.10 bits per heavy atom. The third kappa shape index (κ3) is 4.08. The van der Waals surface area contributed by atoms with Crippen LogP contribution >= 0.6 is 0 Å². The topological polar surface area (TPSA) is 79.9 Å². The molecule has 0 aliphatic carbocycles. The van der Waals surface area contributed by atoms with Crippen molar-refractivity contribution >= 4 is 5.91 Å². The van der Waals surface area contributed by atoms with Crippen molar-refractivity contribution in [2.45, 2.75) is 26.8 Å². The van der Waals surface area contributed by atoms with Gasteiger partial charge < -0.3 is 10.1 Å². The molecular weight excluding hydrogens is 256 g/mol. The molecule has 0 atom stereocenters. The van der Waals surface area contributed by atoms with Gasteiger partial charge in [0.1, 0.15) is 11.6 Å². The van der Waals surface area contributed by atoms with Gasteiger partial charge in [-0.05, 0) is 31.0 Å². The van der Waals surface area contributed by atoms with Crippen LogP contribution in [0.5, 0.6) is 5.75 Å². The highest BCUT2D eigenvalue weighted by Crippen LogP contribution is 2.12. The van der Waals surface area contributed by atoms with Crippen molar-refractivity contribution in [3.05, 3.63) is 41.5 Å². The smallest absolute Gasteiger partial charge is 0.258 e. The number of aryl methyl sites for hydroxylation is 2. The number of hydrogen-bond donors (Lipinski definition) is 2. The number of amides is 1. The predicted molar refractivity (Wildman–Crippen MR) is 74.3 cm³/mol. The number of carbonyl (C=O) groups is 1. The van der Waals surface area contributed by atoms with Crippen LogP contribution in [0.1, 0.15) is 24.1 Å². The number of aromatic nitrogens is 3. The van der Waals surface area contributed by atoms with E-state index in [0.29, 0.717) is 18.1 Å². The molecule has 106 valence electrons. The van der Waals surface area contributed by atoms with E-state index in [0.717, 1.165) is 12.2 Å². The second-order valence-electron chi connectivity index (χ2n) is 4.40. The van der Waals surface area contributed by atoms with Crippen LogP contribution in [0, 0.1) is 6.92 Å². The lowest BCUT2D eigenvalue weighted by Crippen LogP contribution is -2.28. The van der Waals surface area contributed by atoms with E-state index in [-0.39, 0.29) is 12.5 Å². The predicted octanol–water partition coefficient (Wildman–Crippen LogP) is 1.37. The Kier molecular flexibility index (Phi) is 4.70. The van der Waals surface area contributed by atoms with Crippen LogP contribution < -0.4 is 10.1 Å². The number of benzene rings is 1. The van der Waals surface area contributed by atoms with Crippen LogP contribution in [0.15, 0.2) is 24.3 Å². The Morgan fingerprint density at radius 1 is 1.35 bits per heavy atom. The van der Waals surface area contributed by atoms with Gasteiger partial charge in [-0.3, -0.25) is 9.89 Å². The normalized spacial score (nSPS) is 10.3. The first-order valence-corrected chi connectivity index (χ1v) is 6.53. The third-order valence-corrected chi connectivity index (χ3v) is 2.79. The minimum Gasteiger partial charge on any atom is -0.484 e. The number of nitrogens with zero attached hydrogens (tertiary/aromatic N) is 2. The fraction of sp³-hybridized carbons (Fsp3) is 0.357.